The number of hydrogen-bond donors (Lipinski definition) is 0. The largest absolute Gasteiger partial charge is 0.573 e. The lowest BCUT2D eigenvalue weighted by Crippen LogP contribution is -2.19. The van der Waals surface area contributed by atoms with Gasteiger partial charge in [-0.1, -0.05) is 28.1 Å². The van der Waals surface area contributed by atoms with Gasteiger partial charge in [0.2, 0.25) is 0 Å². The Morgan fingerprint density at radius 3 is 2.53 bits per heavy atom. The summed E-state index contributed by atoms with van der Waals surface area (Å²) in [5, 5.41) is 0.181. The predicted octanol–water partition coefficient (Wildman–Crippen LogP) is 3.29. The minimum absolute atomic E-state index is 0.121. The first kappa shape index (κ1) is 12.0. The molecule has 0 saturated heterocycles. The molecule has 0 bridgehead atoms. The van der Waals surface area contributed by atoms with Crippen molar-refractivity contribution in [1.82, 2.24) is 0 Å². The summed E-state index contributed by atoms with van der Waals surface area (Å²) < 4.78 is 39.8. The van der Waals surface area contributed by atoms with Gasteiger partial charge in [-0.2, -0.15) is 0 Å². The summed E-state index contributed by atoms with van der Waals surface area (Å²) in [6, 6.07) is 4.20. The average molecular weight is 283 g/mol. The summed E-state index contributed by atoms with van der Waals surface area (Å²) in [5.41, 5.74) is 0.154. The van der Waals surface area contributed by atoms with Crippen LogP contribution in [0.25, 0.3) is 0 Å². The first-order chi connectivity index (χ1) is 6.98. The van der Waals surface area contributed by atoms with Crippen molar-refractivity contribution in [2.24, 2.45) is 0 Å². The number of ether oxygens (including phenoxy) is 1. The van der Waals surface area contributed by atoms with E-state index < -0.39 is 12.1 Å². The summed E-state index contributed by atoms with van der Waals surface area (Å²) in [4.78, 5) is 10.5. The van der Waals surface area contributed by atoms with Gasteiger partial charge in [0.15, 0.2) is 6.29 Å². The third kappa shape index (κ3) is 3.23. The number of aldehydes is 1. The van der Waals surface area contributed by atoms with Gasteiger partial charge in [-0.3, -0.25) is 4.79 Å². The van der Waals surface area contributed by atoms with Gasteiger partial charge in [0.05, 0.1) is 5.56 Å². The van der Waals surface area contributed by atoms with Crippen molar-refractivity contribution >= 4 is 22.2 Å². The molecule has 1 aromatic rings. The number of halogens is 4. The monoisotopic (exact) mass is 282 g/mol. The zero-order valence-electron chi connectivity index (χ0n) is 7.34. The van der Waals surface area contributed by atoms with E-state index in [9.17, 15) is 18.0 Å². The topological polar surface area (TPSA) is 26.3 Å². The van der Waals surface area contributed by atoms with Crippen LogP contribution in [0.5, 0.6) is 5.75 Å². The smallest absolute Gasteiger partial charge is 0.405 e. The third-order valence-corrected chi connectivity index (χ3v) is 2.22. The number of rotatable bonds is 3. The zero-order valence-corrected chi connectivity index (χ0v) is 8.93. The van der Waals surface area contributed by atoms with Crippen LogP contribution in [0.1, 0.15) is 15.9 Å². The fraction of sp³-hybridized carbons (Fsp3) is 0.222. The molecular weight excluding hydrogens is 277 g/mol. The normalized spacial score (nSPS) is 11.2. The number of para-hydroxylation sites is 1. The van der Waals surface area contributed by atoms with Gasteiger partial charge in [-0.25, -0.2) is 0 Å². The van der Waals surface area contributed by atoms with E-state index in [1.165, 1.54) is 18.2 Å². The van der Waals surface area contributed by atoms with Crippen LogP contribution in [0.2, 0.25) is 0 Å². The van der Waals surface area contributed by atoms with E-state index in [0.29, 0.717) is 6.29 Å². The Bertz CT molecular complexity index is 363. The Labute approximate surface area is 92.2 Å². The molecule has 0 unspecified atom stereocenters. The van der Waals surface area contributed by atoms with E-state index in [4.69, 9.17) is 0 Å². The van der Waals surface area contributed by atoms with Crippen LogP contribution in [-0.4, -0.2) is 12.6 Å². The fourth-order valence-electron chi connectivity index (χ4n) is 1.04. The van der Waals surface area contributed by atoms with Crippen molar-refractivity contribution in [3.05, 3.63) is 29.3 Å². The summed E-state index contributed by atoms with van der Waals surface area (Å²) in [7, 11) is 0. The van der Waals surface area contributed by atoms with E-state index in [2.05, 4.69) is 20.7 Å². The molecule has 0 saturated carbocycles. The number of alkyl halides is 4. The zero-order chi connectivity index (χ0) is 11.5. The number of hydrogen-bond acceptors (Lipinski definition) is 2. The van der Waals surface area contributed by atoms with Crippen LogP contribution in [0, 0.1) is 0 Å². The van der Waals surface area contributed by atoms with Crippen molar-refractivity contribution in [3.8, 4) is 5.75 Å². The van der Waals surface area contributed by atoms with Crippen molar-refractivity contribution < 1.29 is 22.7 Å². The van der Waals surface area contributed by atoms with Gasteiger partial charge in [0.25, 0.3) is 0 Å². The Morgan fingerprint density at radius 2 is 2.07 bits per heavy atom. The van der Waals surface area contributed by atoms with Crippen LogP contribution < -0.4 is 4.74 Å². The molecule has 0 aromatic heterocycles. The van der Waals surface area contributed by atoms with Crippen molar-refractivity contribution in [3.63, 3.8) is 0 Å². The second kappa shape index (κ2) is 4.65. The molecule has 1 rings (SSSR count). The second-order valence-electron chi connectivity index (χ2n) is 2.63. The molecule has 0 amide bonds. The molecule has 0 heterocycles. The van der Waals surface area contributed by atoms with Crippen molar-refractivity contribution in [2.45, 2.75) is 11.7 Å². The first-order valence-electron chi connectivity index (χ1n) is 3.86. The molecule has 0 aliphatic carbocycles. The molecule has 0 fully saturated rings. The van der Waals surface area contributed by atoms with E-state index in [1.807, 2.05) is 0 Å². The van der Waals surface area contributed by atoms with Gasteiger partial charge in [0, 0.05) is 10.9 Å². The molecule has 1 aromatic carbocycles. The van der Waals surface area contributed by atoms with E-state index in [-0.39, 0.29) is 16.5 Å². The molecule has 15 heavy (non-hydrogen) atoms. The van der Waals surface area contributed by atoms with Crippen LogP contribution in [0.3, 0.4) is 0 Å². The molecule has 0 aliphatic rings. The molecule has 6 heteroatoms. The Balaban J connectivity index is 3.16. The maximum Gasteiger partial charge on any atom is 0.573 e. The highest BCUT2D eigenvalue weighted by atomic mass is 79.9. The van der Waals surface area contributed by atoms with Crippen LogP contribution in [-0.2, 0) is 5.33 Å². The Kier molecular flexibility index (Phi) is 3.73. The van der Waals surface area contributed by atoms with Gasteiger partial charge >= 0.3 is 6.36 Å². The number of benzene rings is 1. The standard InChI is InChI=1S/C9H6BrF3O2/c10-4-6-2-1-3-7(5-14)8(6)15-9(11,12)13/h1-3,5H,4H2. The SMILES string of the molecule is O=Cc1cccc(CBr)c1OC(F)(F)F. The maximum atomic E-state index is 12.0. The molecule has 0 radical (unpaired) electrons. The highest BCUT2D eigenvalue weighted by molar-refractivity contribution is 9.08. The highest BCUT2D eigenvalue weighted by Crippen LogP contribution is 2.30. The molecule has 0 aliphatic heterocycles. The molecule has 0 atom stereocenters. The van der Waals surface area contributed by atoms with Gasteiger partial charge in [0.1, 0.15) is 5.75 Å². The lowest BCUT2D eigenvalue weighted by molar-refractivity contribution is -0.274. The first-order valence-corrected chi connectivity index (χ1v) is 4.99. The van der Waals surface area contributed by atoms with Crippen molar-refractivity contribution in [1.29, 1.82) is 0 Å². The third-order valence-electron chi connectivity index (χ3n) is 1.62. The van der Waals surface area contributed by atoms with E-state index in [1.54, 1.807) is 0 Å². The number of carbonyl (C=O) groups excluding carboxylic acids is 1. The van der Waals surface area contributed by atoms with Gasteiger partial charge in [-0.15, -0.1) is 13.2 Å². The molecule has 0 spiro atoms. The molecule has 82 valence electrons. The minimum atomic E-state index is -4.80. The lowest BCUT2D eigenvalue weighted by atomic mass is 10.1. The number of carbonyl (C=O) groups is 1. The second-order valence-corrected chi connectivity index (χ2v) is 3.20. The van der Waals surface area contributed by atoms with Crippen LogP contribution in [0.15, 0.2) is 18.2 Å². The minimum Gasteiger partial charge on any atom is -0.405 e. The summed E-state index contributed by atoms with van der Waals surface area (Å²) in [5.74, 6) is -0.447. The van der Waals surface area contributed by atoms with E-state index >= 15 is 0 Å². The Hall–Kier alpha value is -1.04. The predicted molar refractivity (Wildman–Crippen MR) is 51.1 cm³/mol. The van der Waals surface area contributed by atoms with Crippen LogP contribution >= 0.6 is 15.9 Å². The Morgan fingerprint density at radius 1 is 1.40 bits per heavy atom. The summed E-state index contributed by atoms with van der Waals surface area (Å²) in [6.45, 7) is 0. The van der Waals surface area contributed by atoms with Gasteiger partial charge < -0.3 is 4.74 Å². The van der Waals surface area contributed by atoms with Gasteiger partial charge in [-0.05, 0) is 6.07 Å². The van der Waals surface area contributed by atoms with E-state index in [0.717, 1.165) is 0 Å². The van der Waals surface area contributed by atoms with Crippen molar-refractivity contribution in [2.75, 3.05) is 0 Å². The fourth-order valence-corrected chi connectivity index (χ4v) is 1.48. The summed E-state index contributed by atoms with van der Waals surface area (Å²) >= 11 is 3.02. The summed E-state index contributed by atoms with van der Waals surface area (Å²) in [6.07, 6.45) is -4.47. The quantitative estimate of drug-likeness (QED) is 0.628. The molecule has 2 nitrogen and oxygen atoms in total. The average Bonchev–Trinajstić information content (AvgIpc) is 2.16. The molecule has 0 N–H and O–H groups in total. The molecular formula is C9H6BrF3O2. The van der Waals surface area contributed by atoms with Crippen LogP contribution in [0.4, 0.5) is 13.2 Å². The lowest BCUT2D eigenvalue weighted by Gasteiger charge is -2.13. The maximum absolute atomic E-state index is 12.0. The highest BCUT2D eigenvalue weighted by Gasteiger charge is 2.33.